The van der Waals surface area contributed by atoms with Crippen molar-refractivity contribution in [3.8, 4) is 5.88 Å². The van der Waals surface area contributed by atoms with E-state index in [4.69, 9.17) is 5.11 Å². The van der Waals surface area contributed by atoms with Gasteiger partial charge in [0.1, 0.15) is 5.82 Å². The van der Waals surface area contributed by atoms with E-state index >= 15 is 0 Å². The van der Waals surface area contributed by atoms with Crippen LogP contribution in [0.1, 0.15) is 12.2 Å². The Morgan fingerprint density at radius 3 is 3.27 bits per heavy atom. The van der Waals surface area contributed by atoms with Crippen molar-refractivity contribution in [3.05, 3.63) is 12.0 Å². The molecule has 2 N–H and O–H groups in total. The molecule has 2 rings (SSSR count). The summed E-state index contributed by atoms with van der Waals surface area (Å²) in [6.45, 7) is 0.754. The maximum absolute atomic E-state index is 9.23. The summed E-state index contributed by atoms with van der Waals surface area (Å²) in [4.78, 5) is 3.86. The molecule has 0 spiro atoms. The Kier molecular flexibility index (Phi) is 1.35. The molecular formula is C7H10N2O2. The number of fused-ring (bicyclic) bond motifs is 1. The number of imidazole rings is 1. The minimum absolute atomic E-state index is 0.0501. The highest BCUT2D eigenvalue weighted by atomic mass is 16.3. The second-order valence-corrected chi connectivity index (χ2v) is 2.86. The van der Waals surface area contributed by atoms with Crippen molar-refractivity contribution in [2.45, 2.75) is 25.5 Å². The summed E-state index contributed by atoms with van der Waals surface area (Å²) in [7, 11) is 0. The van der Waals surface area contributed by atoms with Crippen LogP contribution in [-0.2, 0) is 13.0 Å². The van der Waals surface area contributed by atoms with Gasteiger partial charge >= 0.3 is 0 Å². The Labute approximate surface area is 64.1 Å². The first-order valence-corrected chi connectivity index (χ1v) is 3.69. The van der Waals surface area contributed by atoms with E-state index in [0.717, 1.165) is 18.8 Å². The van der Waals surface area contributed by atoms with Crippen LogP contribution in [0.25, 0.3) is 0 Å². The number of aryl methyl sites for hydroxylation is 1. The van der Waals surface area contributed by atoms with Crippen LogP contribution in [0, 0.1) is 0 Å². The van der Waals surface area contributed by atoms with Crippen LogP contribution >= 0.6 is 0 Å². The van der Waals surface area contributed by atoms with Gasteiger partial charge in [-0.25, -0.2) is 0 Å². The van der Waals surface area contributed by atoms with Gasteiger partial charge in [-0.15, -0.1) is 0 Å². The number of aromatic nitrogens is 2. The van der Waals surface area contributed by atoms with Gasteiger partial charge in [0.2, 0.25) is 5.88 Å². The molecule has 0 bridgehead atoms. The average Bonchev–Trinajstić information content (AvgIpc) is 2.27. The summed E-state index contributed by atoms with van der Waals surface area (Å²) in [5, 5.41) is 18.2. The Hall–Kier alpha value is -1.03. The van der Waals surface area contributed by atoms with Crippen molar-refractivity contribution in [2.24, 2.45) is 0 Å². The molecule has 11 heavy (non-hydrogen) atoms. The molecule has 1 unspecified atom stereocenters. The fourth-order valence-corrected chi connectivity index (χ4v) is 1.40. The number of aromatic hydroxyl groups is 1. The molecule has 0 saturated heterocycles. The van der Waals surface area contributed by atoms with Gasteiger partial charge in [-0.1, -0.05) is 0 Å². The molecule has 60 valence electrons. The zero-order valence-electron chi connectivity index (χ0n) is 6.06. The first kappa shape index (κ1) is 6.67. The van der Waals surface area contributed by atoms with Crippen LogP contribution in [0.2, 0.25) is 0 Å². The SMILES string of the molecule is Oc1cn2c(n1)CC(O)CC2. The summed E-state index contributed by atoms with van der Waals surface area (Å²) in [5.74, 6) is 0.829. The van der Waals surface area contributed by atoms with E-state index in [2.05, 4.69) is 4.98 Å². The Morgan fingerprint density at radius 2 is 2.45 bits per heavy atom. The number of aliphatic hydroxyl groups excluding tert-OH is 1. The van der Waals surface area contributed by atoms with Gasteiger partial charge in [-0.3, -0.25) is 0 Å². The zero-order chi connectivity index (χ0) is 7.84. The molecule has 1 atom stereocenters. The molecule has 0 radical (unpaired) electrons. The van der Waals surface area contributed by atoms with Gasteiger partial charge in [0.05, 0.1) is 12.3 Å². The molecule has 4 heteroatoms. The lowest BCUT2D eigenvalue weighted by Gasteiger charge is -2.17. The third-order valence-electron chi connectivity index (χ3n) is 1.97. The lowest BCUT2D eigenvalue weighted by molar-refractivity contribution is 0.141. The Bertz CT molecular complexity index is 269. The minimum Gasteiger partial charge on any atom is -0.492 e. The van der Waals surface area contributed by atoms with Gasteiger partial charge in [0, 0.05) is 13.0 Å². The highest BCUT2D eigenvalue weighted by molar-refractivity contribution is 5.10. The molecule has 0 aromatic carbocycles. The third kappa shape index (κ3) is 1.09. The van der Waals surface area contributed by atoms with Crippen LogP contribution < -0.4 is 0 Å². The molecule has 1 aromatic rings. The molecule has 1 aliphatic rings. The van der Waals surface area contributed by atoms with E-state index in [-0.39, 0.29) is 12.0 Å². The molecular weight excluding hydrogens is 144 g/mol. The van der Waals surface area contributed by atoms with E-state index in [1.807, 2.05) is 4.57 Å². The number of hydrogen-bond acceptors (Lipinski definition) is 3. The van der Waals surface area contributed by atoms with Gasteiger partial charge in [-0.05, 0) is 6.42 Å². The zero-order valence-corrected chi connectivity index (χ0v) is 6.06. The Balaban J connectivity index is 2.34. The molecule has 0 amide bonds. The fourth-order valence-electron chi connectivity index (χ4n) is 1.40. The van der Waals surface area contributed by atoms with Gasteiger partial charge in [0.25, 0.3) is 0 Å². The highest BCUT2D eigenvalue weighted by Gasteiger charge is 2.17. The van der Waals surface area contributed by atoms with Crippen LogP contribution in [0.4, 0.5) is 0 Å². The molecule has 0 fully saturated rings. The number of hydrogen-bond donors (Lipinski definition) is 2. The van der Waals surface area contributed by atoms with Crippen LogP contribution in [0.5, 0.6) is 5.88 Å². The molecule has 4 nitrogen and oxygen atoms in total. The average molecular weight is 154 g/mol. The Morgan fingerprint density at radius 1 is 1.64 bits per heavy atom. The van der Waals surface area contributed by atoms with E-state index < -0.39 is 0 Å². The quantitative estimate of drug-likeness (QED) is 0.548. The second kappa shape index (κ2) is 2.23. The van der Waals surface area contributed by atoms with Crippen molar-refractivity contribution >= 4 is 0 Å². The maximum atomic E-state index is 9.23. The van der Waals surface area contributed by atoms with E-state index in [1.54, 1.807) is 6.20 Å². The number of nitrogens with zero attached hydrogens (tertiary/aromatic N) is 2. The lowest BCUT2D eigenvalue weighted by Crippen LogP contribution is -2.22. The molecule has 0 aliphatic carbocycles. The lowest BCUT2D eigenvalue weighted by atomic mass is 10.1. The summed E-state index contributed by atoms with van der Waals surface area (Å²) in [5.41, 5.74) is 0. The fraction of sp³-hybridized carbons (Fsp3) is 0.571. The van der Waals surface area contributed by atoms with Crippen molar-refractivity contribution in [2.75, 3.05) is 0 Å². The van der Waals surface area contributed by atoms with Crippen molar-refractivity contribution in [1.29, 1.82) is 0 Å². The molecule has 1 aromatic heterocycles. The topological polar surface area (TPSA) is 58.3 Å². The number of rotatable bonds is 0. The normalized spacial score (nSPS) is 23.2. The summed E-state index contributed by atoms with van der Waals surface area (Å²) >= 11 is 0. The smallest absolute Gasteiger partial charge is 0.229 e. The number of aliphatic hydroxyl groups is 1. The van der Waals surface area contributed by atoms with Gasteiger partial charge in [0.15, 0.2) is 0 Å². The van der Waals surface area contributed by atoms with Crippen LogP contribution in [-0.4, -0.2) is 25.9 Å². The summed E-state index contributed by atoms with van der Waals surface area (Å²) in [6, 6.07) is 0. The second-order valence-electron chi connectivity index (χ2n) is 2.86. The monoisotopic (exact) mass is 154 g/mol. The summed E-state index contributed by atoms with van der Waals surface area (Å²) in [6.07, 6.45) is 2.62. The first-order chi connectivity index (χ1) is 5.25. The van der Waals surface area contributed by atoms with Crippen LogP contribution in [0.15, 0.2) is 6.20 Å². The third-order valence-corrected chi connectivity index (χ3v) is 1.97. The molecule has 0 saturated carbocycles. The summed E-state index contributed by atoms with van der Waals surface area (Å²) < 4.78 is 1.88. The van der Waals surface area contributed by atoms with Crippen molar-refractivity contribution in [3.63, 3.8) is 0 Å². The van der Waals surface area contributed by atoms with Crippen LogP contribution in [0.3, 0.4) is 0 Å². The first-order valence-electron chi connectivity index (χ1n) is 3.69. The molecule has 2 heterocycles. The maximum Gasteiger partial charge on any atom is 0.229 e. The van der Waals surface area contributed by atoms with E-state index in [1.165, 1.54) is 0 Å². The molecule has 1 aliphatic heterocycles. The highest BCUT2D eigenvalue weighted by Crippen LogP contribution is 2.17. The van der Waals surface area contributed by atoms with E-state index in [0.29, 0.717) is 6.42 Å². The van der Waals surface area contributed by atoms with Gasteiger partial charge in [-0.2, -0.15) is 4.98 Å². The van der Waals surface area contributed by atoms with Gasteiger partial charge < -0.3 is 14.8 Å². The van der Waals surface area contributed by atoms with E-state index in [9.17, 15) is 5.11 Å². The predicted molar refractivity (Wildman–Crippen MR) is 38.2 cm³/mol. The van der Waals surface area contributed by atoms with Crippen molar-refractivity contribution in [1.82, 2.24) is 9.55 Å². The standard InChI is InChI=1S/C7H10N2O2/c10-5-1-2-9-4-7(11)8-6(9)3-5/h4-5,10-11H,1-3H2. The van der Waals surface area contributed by atoms with Crippen molar-refractivity contribution < 1.29 is 10.2 Å². The largest absolute Gasteiger partial charge is 0.492 e. The minimum atomic E-state index is -0.288. The predicted octanol–water partition coefficient (Wildman–Crippen LogP) is -0.104.